The zero-order chi connectivity index (χ0) is 17.7. The maximum absolute atomic E-state index is 12.3. The summed E-state index contributed by atoms with van der Waals surface area (Å²) in [6.07, 6.45) is 7.20. The predicted octanol–water partition coefficient (Wildman–Crippen LogP) is 2.61. The number of amides is 1. The molecular weight excluding hydrogens is 330 g/mol. The molecule has 2 fully saturated rings. The van der Waals surface area contributed by atoms with E-state index in [0.29, 0.717) is 30.2 Å². The van der Waals surface area contributed by atoms with Gasteiger partial charge in [-0.15, -0.1) is 0 Å². The van der Waals surface area contributed by atoms with Crippen molar-refractivity contribution in [3.63, 3.8) is 0 Å². The monoisotopic (exact) mass is 349 g/mol. The van der Waals surface area contributed by atoms with Gasteiger partial charge in [0.15, 0.2) is 0 Å². The number of hydrogen-bond acceptors (Lipinski definition) is 4. The Morgan fingerprint density at radius 3 is 2.77 bits per heavy atom. The van der Waals surface area contributed by atoms with Crippen molar-refractivity contribution < 1.29 is 9.53 Å². The van der Waals surface area contributed by atoms with Crippen molar-refractivity contribution in [2.75, 3.05) is 6.61 Å². The highest BCUT2D eigenvalue weighted by molar-refractivity contribution is 6.01. The lowest BCUT2D eigenvalue weighted by Gasteiger charge is -2.13. The molecular formula is C20H19N3O3. The van der Waals surface area contributed by atoms with Gasteiger partial charge in [-0.05, 0) is 59.7 Å². The molecule has 2 aromatic heterocycles. The average Bonchev–Trinajstić information content (AvgIpc) is 3.40. The summed E-state index contributed by atoms with van der Waals surface area (Å²) in [5.74, 6) is 1.15. The molecule has 26 heavy (non-hydrogen) atoms. The second-order valence-electron chi connectivity index (χ2n) is 7.20. The number of pyridine rings is 2. The maximum atomic E-state index is 12.3. The summed E-state index contributed by atoms with van der Waals surface area (Å²) in [4.78, 5) is 30.9. The van der Waals surface area contributed by atoms with E-state index in [4.69, 9.17) is 4.74 Å². The number of ether oxygens (including phenoxy) is 1. The Morgan fingerprint density at radius 2 is 2.00 bits per heavy atom. The summed E-state index contributed by atoms with van der Waals surface area (Å²) < 4.78 is 5.93. The van der Waals surface area contributed by atoms with Gasteiger partial charge in [0.1, 0.15) is 6.61 Å². The Morgan fingerprint density at radius 1 is 1.12 bits per heavy atom. The van der Waals surface area contributed by atoms with Crippen LogP contribution < -0.4 is 15.6 Å². The second kappa shape index (κ2) is 5.83. The van der Waals surface area contributed by atoms with Crippen LogP contribution in [0.2, 0.25) is 0 Å². The Balaban J connectivity index is 1.58. The van der Waals surface area contributed by atoms with Crippen molar-refractivity contribution >= 4 is 27.5 Å². The number of nitrogens with one attached hydrogen (secondary N) is 2. The molecule has 1 aromatic carbocycles. The molecule has 132 valence electrons. The highest BCUT2D eigenvalue weighted by Crippen LogP contribution is 2.43. The summed E-state index contributed by atoms with van der Waals surface area (Å²) >= 11 is 0. The number of fused-ring (bicyclic) bond motifs is 2. The van der Waals surface area contributed by atoms with Crippen LogP contribution in [0, 0.1) is 0 Å². The first-order chi connectivity index (χ1) is 12.7. The van der Waals surface area contributed by atoms with Crippen molar-refractivity contribution in [2.24, 2.45) is 0 Å². The third-order valence-electron chi connectivity index (χ3n) is 5.30. The minimum absolute atomic E-state index is 0.0323. The standard InChI is InChI=1S/C20H19N3O3/c24-18-4-3-13(23-18)10-26-20-14-8-15-16(7-12(14)5-6-21-20)19(25)22-9-17(15)11-1-2-11/h5-9,11,13H,1-4,10H2,(H,22,25)(H,23,24)/t13-/m0/s1. The molecule has 1 saturated heterocycles. The molecule has 3 aromatic rings. The lowest BCUT2D eigenvalue weighted by molar-refractivity contribution is -0.119. The topological polar surface area (TPSA) is 84.1 Å². The van der Waals surface area contributed by atoms with Gasteiger partial charge in [0.2, 0.25) is 11.8 Å². The predicted molar refractivity (Wildman–Crippen MR) is 98.5 cm³/mol. The summed E-state index contributed by atoms with van der Waals surface area (Å²) in [6.45, 7) is 0.404. The minimum atomic E-state index is -0.0701. The van der Waals surface area contributed by atoms with Crippen LogP contribution in [0.1, 0.15) is 37.2 Å². The van der Waals surface area contributed by atoms with E-state index in [9.17, 15) is 9.59 Å². The summed E-state index contributed by atoms with van der Waals surface area (Å²) in [5, 5.41) is 6.42. The molecule has 0 spiro atoms. The first-order valence-electron chi connectivity index (χ1n) is 9.05. The minimum Gasteiger partial charge on any atom is -0.475 e. The number of rotatable bonds is 4. The first kappa shape index (κ1) is 15.4. The zero-order valence-corrected chi connectivity index (χ0v) is 14.2. The molecule has 1 aliphatic heterocycles. The van der Waals surface area contributed by atoms with Gasteiger partial charge in [-0.25, -0.2) is 4.98 Å². The van der Waals surface area contributed by atoms with Gasteiger partial charge < -0.3 is 15.0 Å². The molecule has 6 heteroatoms. The molecule has 6 nitrogen and oxygen atoms in total. The summed E-state index contributed by atoms with van der Waals surface area (Å²) in [6, 6.07) is 5.87. The van der Waals surface area contributed by atoms with Crippen LogP contribution in [0.15, 0.2) is 35.4 Å². The SMILES string of the molecule is O=C1CC[C@@H](COc2nccc3cc4c(=O)[nH]cc(C5CC5)c4cc23)N1. The highest BCUT2D eigenvalue weighted by atomic mass is 16.5. The van der Waals surface area contributed by atoms with Crippen LogP contribution in [-0.4, -0.2) is 28.5 Å². The van der Waals surface area contributed by atoms with E-state index in [1.54, 1.807) is 6.20 Å². The number of aromatic nitrogens is 2. The van der Waals surface area contributed by atoms with E-state index < -0.39 is 0 Å². The normalized spacial score (nSPS) is 19.8. The van der Waals surface area contributed by atoms with E-state index in [0.717, 1.165) is 35.4 Å². The van der Waals surface area contributed by atoms with Crippen LogP contribution in [-0.2, 0) is 4.79 Å². The number of aromatic amines is 1. The van der Waals surface area contributed by atoms with E-state index in [-0.39, 0.29) is 17.5 Å². The van der Waals surface area contributed by atoms with Crippen LogP contribution in [0.4, 0.5) is 0 Å². The van der Waals surface area contributed by atoms with Gasteiger partial charge in [0.05, 0.1) is 6.04 Å². The van der Waals surface area contributed by atoms with E-state index in [1.165, 1.54) is 5.56 Å². The molecule has 3 heterocycles. The fourth-order valence-electron chi connectivity index (χ4n) is 3.75. The average molecular weight is 349 g/mol. The van der Waals surface area contributed by atoms with E-state index in [1.807, 2.05) is 24.4 Å². The molecule has 0 unspecified atom stereocenters. The van der Waals surface area contributed by atoms with E-state index in [2.05, 4.69) is 15.3 Å². The van der Waals surface area contributed by atoms with E-state index >= 15 is 0 Å². The lowest BCUT2D eigenvalue weighted by Crippen LogP contribution is -2.31. The lowest BCUT2D eigenvalue weighted by atomic mass is 10.0. The Bertz CT molecular complexity index is 1080. The zero-order valence-electron chi connectivity index (χ0n) is 14.2. The van der Waals surface area contributed by atoms with Gasteiger partial charge >= 0.3 is 0 Å². The van der Waals surface area contributed by atoms with Crippen LogP contribution in [0.5, 0.6) is 5.88 Å². The van der Waals surface area contributed by atoms with Gasteiger partial charge in [-0.2, -0.15) is 0 Å². The quantitative estimate of drug-likeness (QED) is 0.709. The third kappa shape index (κ3) is 2.62. The van der Waals surface area contributed by atoms with Gasteiger partial charge in [-0.3, -0.25) is 9.59 Å². The fourth-order valence-corrected chi connectivity index (χ4v) is 3.75. The number of carbonyl (C=O) groups excluding carboxylic acids is 1. The van der Waals surface area contributed by atoms with Crippen LogP contribution in [0.3, 0.4) is 0 Å². The number of carbonyl (C=O) groups is 1. The van der Waals surface area contributed by atoms with Crippen molar-refractivity contribution in [1.82, 2.24) is 15.3 Å². The third-order valence-corrected chi connectivity index (χ3v) is 5.30. The van der Waals surface area contributed by atoms with Crippen LogP contribution >= 0.6 is 0 Å². The van der Waals surface area contributed by atoms with Gasteiger partial charge in [-0.1, -0.05) is 0 Å². The molecule has 2 aliphatic rings. The van der Waals surface area contributed by atoms with Crippen molar-refractivity contribution in [3.05, 3.63) is 46.5 Å². The summed E-state index contributed by atoms with van der Waals surface area (Å²) in [5.41, 5.74) is 1.12. The van der Waals surface area contributed by atoms with Crippen molar-refractivity contribution in [2.45, 2.75) is 37.6 Å². The maximum Gasteiger partial charge on any atom is 0.255 e. The summed E-state index contributed by atoms with van der Waals surface area (Å²) in [7, 11) is 0. The van der Waals surface area contributed by atoms with Crippen LogP contribution in [0.25, 0.3) is 21.5 Å². The molecule has 5 rings (SSSR count). The fraction of sp³-hybridized carbons (Fsp3) is 0.350. The van der Waals surface area contributed by atoms with Gasteiger partial charge in [0.25, 0.3) is 5.56 Å². The molecule has 0 radical (unpaired) electrons. The van der Waals surface area contributed by atoms with Crippen molar-refractivity contribution in [3.8, 4) is 5.88 Å². The number of nitrogens with zero attached hydrogens (tertiary/aromatic N) is 1. The molecule has 1 atom stereocenters. The highest BCUT2D eigenvalue weighted by Gasteiger charge is 2.26. The number of hydrogen-bond donors (Lipinski definition) is 2. The smallest absolute Gasteiger partial charge is 0.255 e. The Kier molecular flexibility index (Phi) is 3.45. The largest absolute Gasteiger partial charge is 0.475 e. The molecule has 1 saturated carbocycles. The molecule has 2 N–H and O–H groups in total. The second-order valence-corrected chi connectivity index (χ2v) is 7.20. The number of H-pyrrole nitrogens is 1. The molecule has 1 amide bonds. The Labute approximate surface area is 149 Å². The van der Waals surface area contributed by atoms with Gasteiger partial charge in [0, 0.05) is 29.6 Å². The molecule has 0 bridgehead atoms. The number of benzene rings is 1. The Hall–Kier alpha value is -2.89. The van der Waals surface area contributed by atoms with Crippen molar-refractivity contribution in [1.29, 1.82) is 0 Å². The molecule has 1 aliphatic carbocycles. The first-order valence-corrected chi connectivity index (χ1v) is 9.05.